The maximum Gasteiger partial charge on any atom is 0.159 e. The van der Waals surface area contributed by atoms with E-state index >= 15 is 0 Å². The van der Waals surface area contributed by atoms with Crippen molar-refractivity contribution in [3.63, 3.8) is 0 Å². The molecule has 0 aliphatic heterocycles. The second-order valence-corrected chi connectivity index (χ2v) is 5.59. The van der Waals surface area contributed by atoms with E-state index in [2.05, 4.69) is 13.0 Å². The molecule has 0 saturated carbocycles. The second-order valence-electron chi connectivity index (χ2n) is 5.59. The lowest BCUT2D eigenvalue weighted by atomic mass is 9.90. The molecule has 1 atom stereocenters. The quantitative estimate of drug-likeness (QED) is 0.804. The zero-order valence-corrected chi connectivity index (χ0v) is 12.9. The van der Waals surface area contributed by atoms with Crippen LogP contribution in [0.4, 0.5) is 0 Å². The van der Waals surface area contributed by atoms with Crippen LogP contribution < -0.4 is 0 Å². The van der Waals surface area contributed by atoms with Gasteiger partial charge in [-0.1, -0.05) is 44.4 Å². The summed E-state index contributed by atoms with van der Waals surface area (Å²) in [6, 6.07) is 7.50. The zero-order chi connectivity index (χ0) is 15.9. The van der Waals surface area contributed by atoms with Gasteiger partial charge in [-0.25, -0.2) is 0 Å². The molecule has 1 aliphatic carbocycles. The number of aliphatic hydroxyl groups is 1. The van der Waals surface area contributed by atoms with E-state index in [9.17, 15) is 9.90 Å². The van der Waals surface area contributed by atoms with Gasteiger partial charge in [0.2, 0.25) is 0 Å². The number of benzene rings is 1. The molecule has 0 spiro atoms. The normalized spacial score (nSPS) is 15.3. The molecule has 0 radical (unpaired) electrons. The molecule has 3 nitrogen and oxygen atoms in total. The zero-order valence-electron chi connectivity index (χ0n) is 12.9. The molecule has 22 heavy (non-hydrogen) atoms. The number of hydrogen-bond acceptors (Lipinski definition) is 3. The Morgan fingerprint density at radius 2 is 2.14 bits per heavy atom. The van der Waals surface area contributed by atoms with Crippen LogP contribution in [0.25, 0.3) is 5.57 Å². The first-order chi connectivity index (χ1) is 10.7. The van der Waals surface area contributed by atoms with Gasteiger partial charge in [-0.15, -0.1) is 0 Å². The van der Waals surface area contributed by atoms with Gasteiger partial charge in [0.25, 0.3) is 0 Å². The summed E-state index contributed by atoms with van der Waals surface area (Å²) >= 11 is 0. The number of unbranched alkanes of at least 4 members (excludes halogenated alkanes) is 2. The standard InChI is InChI=1S/C19H21NO2/c1-2-3-4-5-19(22)18-12-14(13-20)6-11-17(18)15-7-9-16(21)10-8-15/h6-9,11-12,19,22H,2-5,10H2,1H3. The molecule has 3 heteroatoms. The fraction of sp³-hybridized carbons (Fsp3) is 0.368. The summed E-state index contributed by atoms with van der Waals surface area (Å²) < 4.78 is 0. The van der Waals surface area contributed by atoms with Crippen LogP contribution >= 0.6 is 0 Å². The average Bonchev–Trinajstić information content (AvgIpc) is 2.55. The van der Waals surface area contributed by atoms with Gasteiger partial charge >= 0.3 is 0 Å². The molecule has 1 aliphatic rings. The summed E-state index contributed by atoms with van der Waals surface area (Å²) in [5.74, 6) is 0.0856. The van der Waals surface area contributed by atoms with E-state index in [0.29, 0.717) is 18.4 Å². The van der Waals surface area contributed by atoms with Gasteiger partial charge in [-0.05, 0) is 41.3 Å². The minimum absolute atomic E-state index is 0.0856. The number of aliphatic hydroxyl groups excluding tert-OH is 1. The van der Waals surface area contributed by atoms with Gasteiger partial charge in [0.15, 0.2) is 5.78 Å². The smallest absolute Gasteiger partial charge is 0.159 e. The summed E-state index contributed by atoms with van der Waals surface area (Å²) in [7, 11) is 0. The van der Waals surface area contributed by atoms with E-state index in [1.165, 1.54) is 0 Å². The van der Waals surface area contributed by atoms with Gasteiger partial charge in [0.05, 0.1) is 17.7 Å². The van der Waals surface area contributed by atoms with Crippen molar-refractivity contribution in [2.75, 3.05) is 0 Å². The minimum atomic E-state index is -0.582. The van der Waals surface area contributed by atoms with Crippen LogP contribution in [0.5, 0.6) is 0 Å². The van der Waals surface area contributed by atoms with Crippen molar-refractivity contribution in [1.82, 2.24) is 0 Å². The van der Waals surface area contributed by atoms with E-state index in [1.807, 2.05) is 12.1 Å². The van der Waals surface area contributed by atoms with Crippen LogP contribution in [-0.2, 0) is 4.79 Å². The summed E-state index contributed by atoms with van der Waals surface area (Å²) in [6.45, 7) is 2.13. The predicted molar refractivity (Wildman–Crippen MR) is 87.0 cm³/mol. The van der Waals surface area contributed by atoms with E-state index in [0.717, 1.165) is 36.0 Å². The molecule has 0 saturated heterocycles. The Hall–Kier alpha value is -2.18. The van der Waals surface area contributed by atoms with E-state index in [4.69, 9.17) is 5.26 Å². The molecule has 1 unspecified atom stereocenters. The Bertz CT molecular complexity index is 650. The Morgan fingerprint density at radius 1 is 1.32 bits per heavy atom. The maximum atomic E-state index is 11.3. The van der Waals surface area contributed by atoms with Crippen molar-refractivity contribution in [1.29, 1.82) is 5.26 Å². The first kappa shape index (κ1) is 16.2. The SMILES string of the molecule is CCCCCC(O)c1cc(C#N)ccc1C1=CCC(=O)C=C1. The molecule has 1 N–H and O–H groups in total. The van der Waals surface area contributed by atoms with E-state index in [1.54, 1.807) is 24.3 Å². The molecule has 0 fully saturated rings. The summed E-state index contributed by atoms with van der Waals surface area (Å²) in [5.41, 5.74) is 3.17. The number of rotatable bonds is 6. The van der Waals surface area contributed by atoms with Crippen LogP contribution in [0.2, 0.25) is 0 Å². The molecule has 114 valence electrons. The Labute approximate surface area is 131 Å². The van der Waals surface area contributed by atoms with Crippen LogP contribution in [0.3, 0.4) is 0 Å². The highest BCUT2D eigenvalue weighted by Crippen LogP contribution is 2.31. The van der Waals surface area contributed by atoms with Crippen molar-refractivity contribution in [2.45, 2.75) is 45.1 Å². The van der Waals surface area contributed by atoms with Gasteiger partial charge in [0, 0.05) is 6.42 Å². The van der Waals surface area contributed by atoms with Crippen LogP contribution in [-0.4, -0.2) is 10.9 Å². The van der Waals surface area contributed by atoms with Crippen molar-refractivity contribution in [2.24, 2.45) is 0 Å². The summed E-state index contributed by atoms with van der Waals surface area (Å²) in [5, 5.41) is 19.6. The Balaban J connectivity index is 2.31. The number of carbonyl (C=O) groups excluding carboxylic acids is 1. The largest absolute Gasteiger partial charge is 0.388 e. The highest BCUT2D eigenvalue weighted by Gasteiger charge is 2.16. The maximum absolute atomic E-state index is 11.3. The lowest BCUT2D eigenvalue weighted by molar-refractivity contribution is -0.113. The molecule has 0 heterocycles. The predicted octanol–water partition coefficient (Wildman–Crippen LogP) is 4.08. The van der Waals surface area contributed by atoms with E-state index in [-0.39, 0.29) is 5.78 Å². The van der Waals surface area contributed by atoms with Crippen molar-refractivity contribution < 1.29 is 9.90 Å². The lowest BCUT2D eigenvalue weighted by Gasteiger charge is -2.18. The fourth-order valence-corrected chi connectivity index (χ4v) is 2.64. The number of ketones is 1. The Morgan fingerprint density at radius 3 is 2.77 bits per heavy atom. The van der Waals surface area contributed by atoms with Crippen molar-refractivity contribution >= 4 is 11.4 Å². The third kappa shape index (κ3) is 3.93. The lowest BCUT2D eigenvalue weighted by Crippen LogP contribution is -2.04. The van der Waals surface area contributed by atoms with Gasteiger partial charge in [-0.3, -0.25) is 4.79 Å². The third-order valence-electron chi connectivity index (χ3n) is 3.90. The molecular weight excluding hydrogens is 274 g/mol. The molecular formula is C19H21NO2. The topological polar surface area (TPSA) is 61.1 Å². The third-order valence-corrected chi connectivity index (χ3v) is 3.90. The van der Waals surface area contributed by atoms with Crippen LogP contribution in [0.1, 0.15) is 61.8 Å². The summed E-state index contributed by atoms with van der Waals surface area (Å²) in [4.78, 5) is 11.3. The monoisotopic (exact) mass is 295 g/mol. The first-order valence-corrected chi connectivity index (χ1v) is 7.79. The Kier molecular flexibility index (Phi) is 5.68. The molecule has 0 aromatic heterocycles. The molecule has 0 amide bonds. The van der Waals surface area contributed by atoms with Crippen molar-refractivity contribution in [3.05, 3.63) is 53.1 Å². The highest BCUT2D eigenvalue weighted by atomic mass is 16.3. The van der Waals surface area contributed by atoms with Crippen LogP contribution in [0, 0.1) is 11.3 Å². The number of hydrogen-bond donors (Lipinski definition) is 1. The van der Waals surface area contributed by atoms with E-state index < -0.39 is 6.10 Å². The number of carbonyl (C=O) groups is 1. The first-order valence-electron chi connectivity index (χ1n) is 7.79. The summed E-state index contributed by atoms with van der Waals surface area (Å²) in [6.07, 6.45) is 8.88. The van der Waals surface area contributed by atoms with Gasteiger partial charge in [-0.2, -0.15) is 5.26 Å². The molecule has 1 aromatic rings. The van der Waals surface area contributed by atoms with Crippen molar-refractivity contribution in [3.8, 4) is 6.07 Å². The molecule has 2 rings (SSSR count). The number of allylic oxidation sites excluding steroid dienone is 4. The number of nitrogens with zero attached hydrogens (tertiary/aromatic N) is 1. The van der Waals surface area contributed by atoms with Gasteiger partial charge in [0.1, 0.15) is 0 Å². The molecule has 1 aromatic carbocycles. The highest BCUT2D eigenvalue weighted by molar-refractivity contribution is 5.98. The van der Waals surface area contributed by atoms with Gasteiger partial charge < -0.3 is 5.11 Å². The van der Waals surface area contributed by atoms with Crippen LogP contribution in [0.15, 0.2) is 36.4 Å². The minimum Gasteiger partial charge on any atom is -0.388 e. The fourth-order valence-electron chi connectivity index (χ4n) is 2.64. The second kappa shape index (κ2) is 7.72. The average molecular weight is 295 g/mol. The number of nitriles is 1. The molecule has 0 bridgehead atoms.